The first-order chi connectivity index (χ1) is 18.4. The highest BCUT2D eigenvalue weighted by Crippen LogP contribution is 2.28. The molecule has 1 aliphatic heterocycles. The number of carbonyl (C=O) groups excluding carboxylic acids is 2. The second kappa shape index (κ2) is 11.7. The number of H-pyrrole nitrogens is 1. The van der Waals surface area contributed by atoms with Crippen molar-refractivity contribution in [2.24, 2.45) is 5.92 Å². The molecule has 5 rings (SSSR count). The summed E-state index contributed by atoms with van der Waals surface area (Å²) in [5.41, 5.74) is 6.05. The van der Waals surface area contributed by atoms with Crippen molar-refractivity contribution in [2.75, 3.05) is 23.3 Å². The minimum Gasteiger partial charge on any atom is -0.372 e. The number of anilines is 3. The van der Waals surface area contributed by atoms with Gasteiger partial charge >= 0.3 is 0 Å². The predicted molar refractivity (Wildman–Crippen MR) is 155 cm³/mol. The highest BCUT2D eigenvalue weighted by molar-refractivity contribution is 6.33. The summed E-state index contributed by atoms with van der Waals surface area (Å²) in [6, 6.07) is 23.2. The van der Waals surface area contributed by atoms with Crippen LogP contribution in [0.3, 0.4) is 0 Å². The lowest BCUT2D eigenvalue weighted by Crippen LogP contribution is -2.32. The second-order valence-corrected chi connectivity index (χ2v) is 10.6. The van der Waals surface area contributed by atoms with Gasteiger partial charge in [-0.05, 0) is 84.5 Å². The third-order valence-corrected chi connectivity index (χ3v) is 7.57. The lowest BCUT2D eigenvalue weighted by molar-refractivity contribution is 0.0985. The molecule has 0 unspecified atom stereocenters. The Morgan fingerprint density at radius 3 is 2.18 bits per heavy atom. The van der Waals surface area contributed by atoms with E-state index in [4.69, 9.17) is 11.6 Å². The smallest absolute Gasteiger partial charge is 0.168 e. The van der Waals surface area contributed by atoms with E-state index in [1.165, 1.54) is 18.5 Å². The van der Waals surface area contributed by atoms with Crippen molar-refractivity contribution < 1.29 is 9.59 Å². The third kappa shape index (κ3) is 6.35. The zero-order chi connectivity index (χ0) is 26.5. The first-order valence-corrected chi connectivity index (χ1v) is 13.5. The number of aromatic nitrogens is 1. The van der Waals surface area contributed by atoms with E-state index in [0.29, 0.717) is 23.4 Å². The minimum atomic E-state index is 0.0424. The molecule has 1 fully saturated rings. The number of aromatic amines is 1. The zero-order valence-corrected chi connectivity index (χ0v) is 22.3. The van der Waals surface area contributed by atoms with Crippen molar-refractivity contribution in [3.8, 4) is 0 Å². The van der Waals surface area contributed by atoms with Gasteiger partial charge in [-0.3, -0.25) is 9.59 Å². The van der Waals surface area contributed by atoms with Crippen LogP contribution in [-0.4, -0.2) is 29.6 Å². The number of halogens is 1. The summed E-state index contributed by atoms with van der Waals surface area (Å²) in [6.07, 6.45) is 6.52. The minimum absolute atomic E-state index is 0.0424. The molecule has 0 spiro atoms. The summed E-state index contributed by atoms with van der Waals surface area (Å²) in [4.78, 5) is 30.5. The maximum Gasteiger partial charge on any atom is 0.168 e. The van der Waals surface area contributed by atoms with Crippen molar-refractivity contribution in [1.82, 2.24) is 4.98 Å². The summed E-state index contributed by atoms with van der Waals surface area (Å²) in [5.74, 6) is 0.946. The molecule has 194 valence electrons. The molecule has 5 nitrogen and oxygen atoms in total. The molecule has 1 aromatic heterocycles. The molecular formula is C32H32ClN3O2. The van der Waals surface area contributed by atoms with Gasteiger partial charge in [0.2, 0.25) is 0 Å². The van der Waals surface area contributed by atoms with E-state index in [2.05, 4.69) is 34.3 Å². The van der Waals surface area contributed by atoms with Crippen LogP contribution in [0.15, 0.2) is 85.2 Å². The molecule has 0 atom stereocenters. The SMILES string of the molecule is CC1CCN(c2ccc(C(=O)Cc3ccc(Nc4ccc(CC(=O)c5cc[nH]c5)cc4Cl)cc3)cc2)CC1. The fourth-order valence-corrected chi connectivity index (χ4v) is 5.08. The number of ketones is 2. The number of benzene rings is 3. The van der Waals surface area contributed by atoms with E-state index >= 15 is 0 Å². The zero-order valence-electron chi connectivity index (χ0n) is 21.5. The molecule has 2 heterocycles. The van der Waals surface area contributed by atoms with Crippen molar-refractivity contribution in [3.05, 3.63) is 112 Å². The molecule has 2 N–H and O–H groups in total. The van der Waals surface area contributed by atoms with Crippen LogP contribution in [0.1, 0.15) is 51.6 Å². The fraction of sp³-hybridized carbons (Fsp3) is 0.250. The summed E-state index contributed by atoms with van der Waals surface area (Å²) >= 11 is 6.49. The number of Topliss-reactive ketones (excluding diaryl/α,β-unsaturated/α-hetero) is 2. The van der Waals surface area contributed by atoms with E-state index in [9.17, 15) is 9.59 Å². The monoisotopic (exact) mass is 525 g/mol. The fourth-order valence-electron chi connectivity index (χ4n) is 4.83. The lowest BCUT2D eigenvalue weighted by atomic mass is 9.98. The van der Waals surface area contributed by atoms with Gasteiger partial charge in [-0.2, -0.15) is 0 Å². The highest BCUT2D eigenvalue weighted by atomic mass is 35.5. The molecule has 0 amide bonds. The van der Waals surface area contributed by atoms with Crippen LogP contribution in [0.4, 0.5) is 17.1 Å². The first kappa shape index (κ1) is 25.8. The molecule has 0 bridgehead atoms. The summed E-state index contributed by atoms with van der Waals surface area (Å²) in [5, 5.41) is 3.87. The van der Waals surface area contributed by atoms with Crippen molar-refractivity contribution in [2.45, 2.75) is 32.6 Å². The Hall–Kier alpha value is -3.83. The van der Waals surface area contributed by atoms with E-state index in [0.717, 1.165) is 47.1 Å². The highest BCUT2D eigenvalue weighted by Gasteiger charge is 2.16. The summed E-state index contributed by atoms with van der Waals surface area (Å²) in [6.45, 7) is 4.47. The third-order valence-electron chi connectivity index (χ3n) is 7.25. The predicted octanol–water partition coefficient (Wildman–Crippen LogP) is 7.50. The molecule has 0 saturated carbocycles. The molecule has 0 radical (unpaired) electrons. The Balaban J connectivity index is 1.16. The van der Waals surface area contributed by atoms with Crippen LogP contribution >= 0.6 is 11.6 Å². The average Bonchev–Trinajstić information content (AvgIpc) is 3.47. The van der Waals surface area contributed by atoms with Crippen LogP contribution in [0.2, 0.25) is 5.02 Å². The molecule has 1 aliphatic rings. The number of nitrogens with zero attached hydrogens (tertiary/aromatic N) is 1. The van der Waals surface area contributed by atoms with Crippen molar-refractivity contribution in [3.63, 3.8) is 0 Å². The van der Waals surface area contributed by atoms with Gasteiger partial charge < -0.3 is 15.2 Å². The molecule has 6 heteroatoms. The van der Waals surface area contributed by atoms with Crippen LogP contribution in [0.5, 0.6) is 0 Å². The van der Waals surface area contributed by atoms with Crippen LogP contribution in [0.25, 0.3) is 0 Å². The van der Waals surface area contributed by atoms with Crippen LogP contribution in [0, 0.1) is 5.92 Å². The van der Waals surface area contributed by atoms with E-state index < -0.39 is 0 Å². The van der Waals surface area contributed by atoms with Crippen LogP contribution < -0.4 is 10.2 Å². The van der Waals surface area contributed by atoms with Gasteiger partial charge in [0.15, 0.2) is 11.6 Å². The molecule has 38 heavy (non-hydrogen) atoms. The Labute approximate surface area is 228 Å². The topological polar surface area (TPSA) is 65.2 Å². The molecule has 3 aromatic carbocycles. The number of nitrogens with one attached hydrogen (secondary N) is 2. The molecule has 0 aliphatic carbocycles. The maximum atomic E-state index is 12.9. The Bertz CT molecular complexity index is 1390. The molecular weight excluding hydrogens is 494 g/mol. The second-order valence-electron chi connectivity index (χ2n) is 10.2. The largest absolute Gasteiger partial charge is 0.372 e. The van der Waals surface area contributed by atoms with E-state index in [-0.39, 0.29) is 11.6 Å². The van der Waals surface area contributed by atoms with Gasteiger partial charge in [-0.1, -0.05) is 36.7 Å². The van der Waals surface area contributed by atoms with Gasteiger partial charge in [0, 0.05) is 60.8 Å². The van der Waals surface area contributed by atoms with Crippen molar-refractivity contribution in [1.29, 1.82) is 0 Å². The molecule has 4 aromatic rings. The van der Waals surface area contributed by atoms with Gasteiger partial charge in [0.25, 0.3) is 0 Å². The van der Waals surface area contributed by atoms with Crippen LogP contribution in [-0.2, 0) is 12.8 Å². The Morgan fingerprint density at radius 2 is 1.53 bits per heavy atom. The van der Waals surface area contributed by atoms with Crippen molar-refractivity contribution >= 4 is 40.2 Å². The van der Waals surface area contributed by atoms with Gasteiger partial charge in [-0.25, -0.2) is 0 Å². The quantitative estimate of drug-likeness (QED) is 0.222. The number of carbonyl (C=O) groups is 2. The summed E-state index contributed by atoms with van der Waals surface area (Å²) < 4.78 is 0. The Kier molecular flexibility index (Phi) is 7.94. The lowest BCUT2D eigenvalue weighted by Gasteiger charge is -2.32. The van der Waals surface area contributed by atoms with Gasteiger partial charge in [-0.15, -0.1) is 0 Å². The van der Waals surface area contributed by atoms with Gasteiger partial charge in [0.05, 0.1) is 10.7 Å². The number of hydrogen-bond acceptors (Lipinski definition) is 4. The normalized spacial score (nSPS) is 13.9. The first-order valence-electron chi connectivity index (χ1n) is 13.1. The van der Waals surface area contributed by atoms with E-state index in [1.54, 1.807) is 18.5 Å². The standard InChI is InChI=1S/C32H32ClN3O2/c1-22-13-16-36(17-14-22)28-9-5-25(6-10-28)31(37)19-23-2-7-27(8-3-23)35-30-11-4-24(18-29(30)33)20-32(38)26-12-15-34-21-26/h2-12,15,18,21-22,34-35H,13-14,16-17,19-20H2,1H3. The number of piperidine rings is 1. The Morgan fingerprint density at radius 1 is 0.868 bits per heavy atom. The number of rotatable bonds is 9. The number of hydrogen-bond donors (Lipinski definition) is 2. The van der Waals surface area contributed by atoms with Gasteiger partial charge in [0.1, 0.15) is 0 Å². The summed E-state index contributed by atoms with van der Waals surface area (Å²) in [7, 11) is 0. The van der Waals surface area contributed by atoms with E-state index in [1.807, 2.05) is 54.6 Å². The maximum absolute atomic E-state index is 12.9. The molecule has 1 saturated heterocycles. The average molecular weight is 526 g/mol.